The smallest absolute Gasteiger partial charge is 0.255 e. The molecule has 5 amide bonds. The average molecular weight is 966 g/mol. The van der Waals surface area contributed by atoms with E-state index in [1.807, 2.05) is 31.7 Å². The van der Waals surface area contributed by atoms with E-state index >= 15 is 8.78 Å². The van der Waals surface area contributed by atoms with Crippen molar-refractivity contribution in [2.45, 2.75) is 139 Å². The molecule has 11 nitrogen and oxygen atoms in total. The second-order valence-electron chi connectivity index (χ2n) is 21.2. The Hall–Kier alpha value is -5.34. The van der Waals surface area contributed by atoms with Crippen molar-refractivity contribution < 1.29 is 32.8 Å². The van der Waals surface area contributed by atoms with Gasteiger partial charge in [0.05, 0.1) is 11.1 Å². The topological polar surface area (TPSA) is 152 Å². The number of nitrogens with zero attached hydrogens (tertiary/aromatic N) is 3. The lowest BCUT2D eigenvalue weighted by molar-refractivity contribution is -0.151. The molecule has 3 saturated heterocycles. The van der Waals surface area contributed by atoms with E-state index in [1.54, 1.807) is 24.3 Å². The van der Waals surface area contributed by atoms with Gasteiger partial charge in [0.1, 0.15) is 23.1 Å². The van der Waals surface area contributed by atoms with Crippen molar-refractivity contribution in [3.63, 3.8) is 0 Å². The molecular formula is C53H56Cl2F2N6O5. The Balaban J connectivity index is 0.847. The van der Waals surface area contributed by atoms with Crippen LogP contribution in [0.2, 0.25) is 10.0 Å². The highest BCUT2D eigenvalue weighted by molar-refractivity contribution is 6.31. The van der Waals surface area contributed by atoms with Crippen molar-refractivity contribution in [1.82, 2.24) is 25.8 Å². The molecule has 3 N–H and O–H groups in total. The number of likely N-dealkylation sites (tertiary alicyclic amines) is 1. The number of hydrogen-bond acceptors (Lipinski definition) is 7. The Morgan fingerprint density at radius 1 is 0.941 bits per heavy atom. The van der Waals surface area contributed by atoms with Crippen molar-refractivity contribution in [2.75, 3.05) is 13.1 Å². The molecule has 3 saturated carbocycles. The van der Waals surface area contributed by atoms with Gasteiger partial charge in [-0.3, -0.25) is 29.3 Å². The van der Waals surface area contributed by atoms with Crippen LogP contribution >= 0.6 is 23.2 Å². The van der Waals surface area contributed by atoms with Crippen LogP contribution in [0, 0.1) is 51.6 Å². The largest absolute Gasteiger partial charge is 0.351 e. The summed E-state index contributed by atoms with van der Waals surface area (Å²) < 4.78 is 32.3. The molecule has 10 rings (SSSR count). The van der Waals surface area contributed by atoms with Crippen molar-refractivity contribution in [2.24, 2.45) is 16.7 Å². The normalized spacial score (nSPS) is 29.2. The number of halogens is 4. The molecule has 2 bridgehead atoms. The van der Waals surface area contributed by atoms with Crippen LogP contribution in [0.15, 0.2) is 54.6 Å². The second-order valence-corrected chi connectivity index (χ2v) is 22.0. The third kappa shape index (κ3) is 8.69. The maximum Gasteiger partial charge on any atom is 0.255 e. The van der Waals surface area contributed by atoms with E-state index in [0.29, 0.717) is 63.6 Å². The highest BCUT2D eigenvalue weighted by atomic mass is 35.5. The quantitative estimate of drug-likeness (QED) is 0.152. The van der Waals surface area contributed by atoms with E-state index in [2.05, 4.69) is 33.9 Å². The number of rotatable bonds is 8. The Bertz CT molecular complexity index is 2670. The first-order chi connectivity index (χ1) is 32.4. The summed E-state index contributed by atoms with van der Waals surface area (Å²) in [5, 5.41) is 20.5. The van der Waals surface area contributed by atoms with E-state index in [4.69, 9.17) is 23.2 Å². The summed E-state index contributed by atoms with van der Waals surface area (Å²) in [6, 6.07) is 14.5. The van der Waals surface area contributed by atoms with Gasteiger partial charge in [0.25, 0.3) is 5.91 Å². The zero-order valence-corrected chi connectivity index (χ0v) is 40.1. The minimum absolute atomic E-state index is 0.0629. The van der Waals surface area contributed by atoms with Crippen molar-refractivity contribution >= 4 is 52.7 Å². The summed E-state index contributed by atoms with van der Waals surface area (Å²) in [6.07, 6.45) is 6.02. The summed E-state index contributed by atoms with van der Waals surface area (Å²) in [7, 11) is 0. The maximum atomic E-state index is 16.2. The number of amides is 5. The lowest BCUT2D eigenvalue weighted by Crippen LogP contribution is -2.60. The van der Waals surface area contributed by atoms with E-state index in [9.17, 15) is 29.2 Å². The van der Waals surface area contributed by atoms with E-state index in [-0.39, 0.29) is 81.9 Å². The van der Waals surface area contributed by atoms with Crippen LogP contribution in [0.3, 0.4) is 0 Å². The summed E-state index contributed by atoms with van der Waals surface area (Å²) in [5.74, 6) is 3.25. The van der Waals surface area contributed by atoms with Gasteiger partial charge in [-0.1, -0.05) is 80.1 Å². The lowest BCUT2D eigenvalue weighted by Gasteiger charge is -2.54. The van der Waals surface area contributed by atoms with Gasteiger partial charge in [-0.05, 0) is 111 Å². The fourth-order valence-corrected chi connectivity index (χ4v) is 12.7. The predicted octanol–water partition coefficient (Wildman–Crippen LogP) is 8.24. The summed E-state index contributed by atoms with van der Waals surface area (Å²) in [5.41, 5.74) is -0.753. The molecule has 4 heterocycles. The minimum atomic E-state index is -1.64. The number of piperidine rings is 2. The third-order valence-corrected chi connectivity index (χ3v) is 16.4. The van der Waals surface area contributed by atoms with Gasteiger partial charge in [0.15, 0.2) is 0 Å². The zero-order valence-electron chi connectivity index (χ0n) is 38.6. The van der Waals surface area contributed by atoms with Gasteiger partial charge in [0.2, 0.25) is 23.6 Å². The first-order valence-electron chi connectivity index (χ1n) is 23.8. The molecule has 15 heteroatoms. The summed E-state index contributed by atoms with van der Waals surface area (Å²) in [6.45, 7) is 7.47. The number of hydrogen-bond donors (Lipinski definition) is 3. The fourth-order valence-electron chi connectivity index (χ4n) is 12.3. The molecule has 0 radical (unpaired) electrons. The van der Waals surface area contributed by atoms with E-state index < -0.39 is 58.0 Å². The molecule has 3 aromatic carbocycles. The molecule has 3 aliphatic carbocycles. The van der Waals surface area contributed by atoms with Crippen LogP contribution in [0.25, 0.3) is 0 Å². The number of imide groups is 1. The van der Waals surface area contributed by atoms with Crippen LogP contribution in [0.4, 0.5) is 8.78 Å². The van der Waals surface area contributed by atoms with Gasteiger partial charge in [-0.15, -0.1) is 0 Å². The van der Waals surface area contributed by atoms with Crippen LogP contribution < -0.4 is 16.0 Å². The average Bonchev–Trinajstić information content (AvgIpc) is 3.79. The molecule has 0 aromatic heterocycles. The lowest BCUT2D eigenvalue weighted by atomic mass is 9.56. The first kappa shape index (κ1) is 47.7. The number of nitrogens with one attached hydrogen (secondary N) is 3. The summed E-state index contributed by atoms with van der Waals surface area (Å²) >= 11 is 12.6. The van der Waals surface area contributed by atoms with E-state index in [1.165, 1.54) is 23.1 Å². The highest BCUT2D eigenvalue weighted by Gasteiger charge is 2.60. The van der Waals surface area contributed by atoms with Gasteiger partial charge >= 0.3 is 0 Å². The fraction of sp³-hybridized carbons (Fsp3) is 0.509. The monoisotopic (exact) mass is 964 g/mol. The number of fused-ring (bicyclic) bond motifs is 4. The van der Waals surface area contributed by atoms with Gasteiger partial charge in [-0.2, -0.15) is 5.26 Å². The Labute approximate surface area is 406 Å². The van der Waals surface area contributed by atoms with Crippen molar-refractivity contribution in [1.29, 1.82) is 5.26 Å². The third-order valence-electron chi connectivity index (χ3n) is 15.8. The van der Waals surface area contributed by atoms with Crippen LogP contribution in [-0.4, -0.2) is 76.1 Å². The van der Waals surface area contributed by atoms with E-state index in [0.717, 1.165) is 30.0 Å². The Morgan fingerprint density at radius 2 is 1.65 bits per heavy atom. The number of nitriles is 1. The Morgan fingerprint density at radius 3 is 2.31 bits per heavy atom. The molecule has 4 aliphatic heterocycles. The number of carbonyl (C=O) groups is 5. The second kappa shape index (κ2) is 18.2. The maximum absolute atomic E-state index is 16.2. The van der Waals surface area contributed by atoms with Gasteiger partial charge in [-0.25, -0.2) is 8.78 Å². The van der Waals surface area contributed by atoms with Crippen LogP contribution in [0.5, 0.6) is 0 Å². The molecule has 356 valence electrons. The molecule has 1 unspecified atom stereocenters. The van der Waals surface area contributed by atoms with Gasteiger partial charge < -0.3 is 20.4 Å². The summed E-state index contributed by atoms with van der Waals surface area (Å²) in [4.78, 5) is 69.8. The molecular weight excluding hydrogens is 910 g/mol. The zero-order chi connectivity index (χ0) is 48.3. The molecule has 5 atom stereocenters. The molecule has 6 fully saturated rings. The first-order valence-corrected chi connectivity index (χ1v) is 24.6. The van der Waals surface area contributed by atoms with Crippen molar-refractivity contribution in [3.05, 3.63) is 104 Å². The highest BCUT2D eigenvalue weighted by Crippen LogP contribution is 2.55. The van der Waals surface area contributed by atoms with Crippen LogP contribution in [0.1, 0.15) is 136 Å². The molecule has 3 aromatic rings. The molecule has 68 heavy (non-hydrogen) atoms. The molecule has 7 aliphatic rings. The molecule has 0 spiro atoms. The van der Waals surface area contributed by atoms with Gasteiger partial charge in [0, 0.05) is 89.1 Å². The number of carbonyl (C=O) groups excluding carboxylic acids is 5. The number of benzene rings is 3. The SMILES string of the molecule is CC(C)(C)C[C@@H]1N[C@@H](CC(=O)NC23CCC(C(=O)N4CCC(C#Cc5cccc6c5CN(C5CCC(=O)NC5=O)C6=O)CC4)(CC2)CC3)[C@H](c2cccc(Cl)c2F)[C@@]1(C#N)c1ccc(Cl)cc1F. The minimum Gasteiger partial charge on any atom is -0.351 e. The standard InChI is InChI=1S/C53H56Cl2F2N6O5/c1-50(2,3)28-42-53(30-58,37-13-12-33(54)26-39(37)56)45(35-8-5-9-38(55)46(35)57)40(59-42)27-44(65)61-52-21-18-51(19-22-52,20-23-52)49(68)62-24-16-31(17-25-62)10-11-32-6-4-7-34-36(32)29-63(48(34)67)41-14-15-43(64)60-47(41)66/h4-9,12-13,26,31,40-42,45,59H,14-25,27-29H2,1-3H3,(H,61,65)(H,60,64,66)/t40-,41?,42-,45-,51?,52?,53-/m0/s1. The van der Waals surface area contributed by atoms with Crippen molar-refractivity contribution in [3.8, 4) is 17.9 Å². The predicted molar refractivity (Wildman–Crippen MR) is 252 cm³/mol. The van der Waals surface area contributed by atoms with Crippen LogP contribution in [-0.2, 0) is 31.1 Å². The Kier molecular flexibility index (Phi) is 12.8.